The summed E-state index contributed by atoms with van der Waals surface area (Å²) >= 11 is 0. The molecule has 0 fully saturated rings. The molecule has 5 rings (SSSR count). The van der Waals surface area contributed by atoms with Crippen molar-refractivity contribution in [2.75, 3.05) is 0 Å². The van der Waals surface area contributed by atoms with Crippen LogP contribution >= 0.6 is 0 Å². The zero-order valence-electron chi connectivity index (χ0n) is 18.9. The average molecular weight is 455 g/mol. The van der Waals surface area contributed by atoms with Crippen LogP contribution in [0.15, 0.2) is 77.2 Å². The summed E-state index contributed by atoms with van der Waals surface area (Å²) in [7, 11) is 0. The van der Waals surface area contributed by atoms with Gasteiger partial charge in [0.2, 0.25) is 0 Å². The van der Waals surface area contributed by atoms with Gasteiger partial charge in [0, 0.05) is 29.9 Å². The van der Waals surface area contributed by atoms with E-state index >= 15 is 0 Å². The van der Waals surface area contributed by atoms with Crippen molar-refractivity contribution < 1.29 is 9.90 Å². The lowest BCUT2D eigenvalue weighted by Crippen LogP contribution is -2.24. The Kier molecular flexibility index (Phi) is 6.08. The van der Waals surface area contributed by atoms with Gasteiger partial charge in [0.25, 0.3) is 5.56 Å². The molecule has 1 aliphatic carbocycles. The summed E-state index contributed by atoms with van der Waals surface area (Å²) in [6, 6.07) is 19.2. The Balaban J connectivity index is 1.65. The quantitative estimate of drug-likeness (QED) is 0.411. The second-order valence-corrected chi connectivity index (χ2v) is 8.59. The van der Waals surface area contributed by atoms with Crippen LogP contribution in [0.5, 0.6) is 0 Å². The number of hydrogen-bond donors (Lipinski definition) is 1. The third-order valence-electron chi connectivity index (χ3n) is 6.32. The molecule has 7 nitrogen and oxygen atoms in total. The summed E-state index contributed by atoms with van der Waals surface area (Å²) < 4.78 is 3.37. The molecule has 1 aromatic carbocycles. The number of rotatable bonds is 7. The molecule has 0 aliphatic heterocycles. The summed E-state index contributed by atoms with van der Waals surface area (Å²) in [5.41, 5.74) is 6.15. The normalized spacial score (nSPS) is 14.0. The smallest absolute Gasteiger partial charge is 0.303 e. The van der Waals surface area contributed by atoms with E-state index in [2.05, 4.69) is 0 Å². The van der Waals surface area contributed by atoms with E-state index in [0.29, 0.717) is 18.5 Å². The molecule has 0 spiro atoms. The first kappa shape index (κ1) is 21.8. The van der Waals surface area contributed by atoms with E-state index in [1.807, 2.05) is 59.2 Å². The van der Waals surface area contributed by atoms with E-state index in [1.165, 1.54) is 4.68 Å². The number of nitrogens with zero attached hydrogens (tertiary/aromatic N) is 4. The van der Waals surface area contributed by atoms with Gasteiger partial charge < -0.3 is 5.11 Å². The molecule has 34 heavy (non-hydrogen) atoms. The fourth-order valence-electron chi connectivity index (χ4n) is 4.72. The summed E-state index contributed by atoms with van der Waals surface area (Å²) in [6.45, 7) is 0. The van der Waals surface area contributed by atoms with Gasteiger partial charge in [-0.2, -0.15) is 10.2 Å². The predicted octanol–water partition coefficient (Wildman–Crippen LogP) is 5.27. The number of fused-ring (bicyclic) bond motifs is 1. The molecular weight excluding hydrogens is 428 g/mol. The van der Waals surface area contributed by atoms with Crippen molar-refractivity contribution in [3.63, 3.8) is 0 Å². The van der Waals surface area contributed by atoms with Gasteiger partial charge in [0.1, 0.15) is 5.69 Å². The highest BCUT2D eigenvalue weighted by Gasteiger charge is 2.21. The second kappa shape index (κ2) is 9.47. The lowest BCUT2D eigenvalue weighted by Gasteiger charge is -2.21. The summed E-state index contributed by atoms with van der Waals surface area (Å²) in [5, 5.41) is 18.7. The van der Waals surface area contributed by atoms with Gasteiger partial charge in [0.05, 0.1) is 16.8 Å². The fraction of sp³-hybridized carbons (Fsp3) is 0.259. The number of aliphatic carboxylic acids is 1. The Morgan fingerprint density at radius 2 is 1.74 bits per heavy atom. The Morgan fingerprint density at radius 3 is 2.56 bits per heavy atom. The first-order valence-electron chi connectivity index (χ1n) is 11.7. The zero-order chi connectivity index (χ0) is 23.5. The van der Waals surface area contributed by atoms with E-state index in [9.17, 15) is 9.59 Å². The minimum absolute atomic E-state index is 0.127. The molecule has 0 bridgehead atoms. The van der Waals surface area contributed by atoms with Crippen LogP contribution in [0.2, 0.25) is 0 Å². The molecule has 0 amide bonds. The van der Waals surface area contributed by atoms with Gasteiger partial charge in [0.15, 0.2) is 0 Å². The van der Waals surface area contributed by atoms with Crippen LogP contribution in [0.25, 0.3) is 33.7 Å². The summed E-state index contributed by atoms with van der Waals surface area (Å²) in [5.74, 6) is -0.795. The maximum absolute atomic E-state index is 12.9. The molecule has 1 N–H and O–H groups in total. The van der Waals surface area contributed by atoms with Gasteiger partial charge in [-0.15, -0.1) is 0 Å². The molecule has 172 valence electrons. The topological polar surface area (TPSA) is 89.5 Å². The molecule has 0 saturated carbocycles. The summed E-state index contributed by atoms with van der Waals surface area (Å²) in [6.07, 6.45) is 6.95. The van der Waals surface area contributed by atoms with Crippen molar-refractivity contribution in [1.82, 2.24) is 19.4 Å². The number of pyridine rings is 1. The highest BCUT2D eigenvalue weighted by Crippen LogP contribution is 2.35. The molecule has 3 aromatic heterocycles. The standard InChI is InChI=1S/C27H26N4O3/c32-24-17-16-21(28-31(24)22-13-5-4-9-19(22)12-8-15-25(33)34)26-23-14-6-7-18-30(23)29-27(26)20-10-2-1-3-11-20/h1-3,6-7,10-11,14,16-18H,4-5,8-9,12-13,15H2,(H,33,34). The van der Waals surface area contributed by atoms with E-state index in [4.69, 9.17) is 15.3 Å². The van der Waals surface area contributed by atoms with Crippen LogP contribution in [0.1, 0.15) is 44.9 Å². The number of benzene rings is 1. The molecule has 1 aliphatic rings. The Bertz CT molecular complexity index is 1430. The van der Waals surface area contributed by atoms with Crippen molar-refractivity contribution >= 4 is 17.2 Å². The van der Waals surface area contributed by atoms with Crippen LogP contribution in [0, 0.1) is 0 Å². The number of carboxylic acids is 1. The van der Waals surface area contributed by atoms with E-state index < -0.39 is 5.97 Å². The monoisotopic (exact) mass is 454 g/mol. The van der Waals surface area contributed by atoms with Crippen LogP contribution in [0.3, 0.4) is 0 Å². The van der Waals surface area contributed by atoms with Crippen molar-refractivity contribution in [1.29, 1.82) is 0 Å². The number of carboxylic acid groups (broad SMARTS) is 1. The molecular formula is C27H26N4O3. The van der Waals surface area contributed by atoms with Crippen molar-refractivity contribution in [3.05, 3.63) is 82.8 Å². The SMILES string of the molecule is O=C(O)CCCC1=C(n2nc(-c3c(-c4ccccc4)nn4ccccc34)ccc2=O)CCCC1. The number of allylic oxidation sites excluding steroid dienone is 2. The van der Waals surface area contributed by atoms with Gasteiger partial charge in [-0.3, -0.25) is 9.59 Å². The van der Waals surface area contributed by atoms with E-state index in [-0.39, 0.29) is 12.0 Å². The minimum atomic E-state index is -0.795. The maximum atomic E-state index is 12.9. The predicted molar refractivity (Wildman–Crippen MR) is 131 cm³/mol. The fourth-order valence-corrected chi connectivity index (χ4v) is 4.72. The van der Waals surface area contributed by atoms with Gasteiger partial charge >= 0.3 is 5.97 Å². The largest absolute Gasteiger partial charge is 0.481 e. The van der Waals surface area contributed by atoms with Gasteiger partial charge in [-0.05, 0) is 62.3 Å². The summed E-state index contributed by atoms with van der Waals surface area (Å²) in [4.78, 5) is 23.9. The van der Waals surface area contributed by atoms with Gasteiger partial charge in [-0.1, -0.05) is 36.4 Å². The lowest BCUT2D eigenvalue weighted by molar-refractivity contribution is -0.137. The lowest BCUT2D eigenvalue weighted by atomic mass is 9.92. The minimum Gasteiger partial charge on any atom is -0.481 e. The third kappa shape index (κ3) is 4.29. The highest BCUT2D eigenvalue weighted by atomic mass is 16.4. The average Bonchev–Trinajstić information content (AvgIpc) is 3.25. The second-order valence-electron chi connectivity index (χ2n) is 8.59. The molecule has 4 aromatic rings. The number of carbonyl (C=O) groups is 1. The molecule has 0 unspecified atom stereocenters. The molecule has 7 heteroatoms. The van der Waals surface area contributed by atoms with Crippen LogP contribution < -0.4 is 5.56 Å². The third-order valence-corrected chi connectivity index (χ3v) is 6.32. The van der Waals surface area contributed by atoms with Gasteiger partial charge in [-0.25, -0.2) is 9.20 Å². The van der Waals surface area contributed by atoms with E-state index in [1.54, 1.807) is 12.1 Å². The molecule has 0 radical (unpaired) electrons. The zero-order valence-corrected chi connectivity index (χ0v) is 18.9. The Labute approximate surface area is 197 Å². The number of aromatic nitrogens is 4. The maximum Gasteiger partial charge on any atom is 0.303 e. The highest BCUT2D eigenvalue weighted by molar-refractivity contribution is 5.90. The molecule has 0 atom stereocenters. The Morgan fingerprint density at radius 1 is 0.941 bits per heavy atom. The number of hydrogen-bond acceptors (Lipinski definition) is 4. The first-order valence-corrected chi connectivity index (χ1v) is 11.7. The van der Waals surface area contributed by atoms with Crippen LogP contribution in [0.4, 0.5) is 0 Å². The van der Waals surface area contributed by atoms with Crippen molar-refractivity contribution in [3.8, 4) is 22.5 Å². The van der Waals surface area contributed by atoms with Crippen molar-refractivity contribution in [2.45, 2.75) is 44.9 Å². The molecule has 0 saturated heterocycles. The van der Waals surface area contributed by atoms with Crippen LogP contribution in [-0.2, 0) is 4.79 Å². The van der Waals surface area contributed by atoms with E-state index in [0.717, 1.165) is 59.3 Å². The Hall–Kier alpha value is -4.00. The molecule has 3 heterocycles. The van der Waals surface area contributed by atoms with Crippen molar-refractivity contribution in [2.24, 2.45) is 0 Å². The first-order chi connectivity index (χ1) is 16.6. The van der Waals surface area contributed by atoms with Crippen LogP contribution in [-0.4, -0.2) is 30.5 Å².